The largest absolute Gasteiger partial charge is 0.383 e. The normalized spacial score (nSPS) is 23.6. The summed E-state index contributed by atoms with van der Waals surface area (Å²) in [4.78, 5) is 2.19. The van der Waals surface area contributed by atoms with Crippen molar-refractivity contribution in [2.45, 2.75) is 51.9 Å². The quantitative estimate of drug-likeness (QED) is 0.794. The van der Waals surface area contributed by atoms with Gasteiger partial charge >= 0.3 is 0 Å². The molecule has 0 aliphatic carbocycles. The maximum atomic E-state index is 6.04. The molecular formula is C13H26N2O2S. The van der Waals surface area contributed by atoms with Gasteiger partial charge in [0.25, 0.3) is 0 Å². The highest BCUT2D eigenvalue weighted by molar-refractivity contribution is 7.80. The summed E-state index contributed by atoms with van der Waals surface area (Å²) >= 11 is 5.47. The van der Waals surface area contributed by atoms with Gasteiger partial charge in [-0.2, -0.15) is 0 Å². The van der Waals surface area contributed by atoms with Gasteiger partial charge in [-0.25, -0.2) is 0 Å². The summed E-state index contributed by atoms with van der Waals surface area (Å²) in [6.45, 7) is 12.7. The van der Waals surface area contributed by atoms with E-state index in [0.717, 1.165) is 18.2 Å². The number of ether oxygens (including phenoxy) is 2. The maximum Gasteiger partial charge on any atom is 0.169 e. The van der Waals surface area contributed by atoms with Crippen molar-refractivity contribution in [2.24, 2.45) is 0 Å². The van der Waals surface area contributed by atoms with Crippen molar-refractivity contribution in [3.05, 3.63) is 0 Å². The van der Waals surface area contributed by atoms with Gasteiger partial charge < -0.3 is 19.7 Å². The number of nitrogens with zero attached hydrogens (tertiary/aromatic N) is 1. The predicted octanol–water partition coefficient (Wildman–Crippen LogP) is 1.79. The highest BCUT2D eigenvalue weighted by atomic mass is 32.1. The van der Waals surface area contributed by atoms with Crippen LogP contribution in [0.15, 0.2) is 0 Å². The Morgan fingerprint density at radius 3 is 2.28 bits per heavy atom. The Morgan fingerprint density at radius 1 is 1.33 bits per heavy atom. The van der Waals surface area contributed by atoms with Gasteiger partial charge in [-0.15, -0.1) is 0 Å². The van der Waals surface area contributed by atoms with E-state index in [9.17, 15) is 0 Å². The molecule has 0 bridgehead atoms. The Labute approximate surface area is 116 Å². The fourth-order valence-electron chi connectivity index (χ4n) is 2.53. The Bertz CT molecular complexity index is 289. The van der Waals surface area contributed by atoms with Gasteiger partial charge in [0.1, 0.15) is 0 Å². The number of thiocarbonyl (C=S) groups is 1. The van der Waals surface area contributed by atoms with Gasteiger partial charge in [0.2, 0.25) is 0 Å². The average molecular weight is 274 g/mol. The summed E-state index contributed by atoms with van der Waals surface area (Å²) in [7, 11) is 1.70. The molecule has 0 aromatic heterocycles. The topological polar surface area (TPSA) is 33.7 Å². The summed E-state index contributed by atoms with van der Waals surface area (Å²) in [5, 5.41) is 4.08. The smallest absolute Gasteiger partial charge is 0.169 e. The van der Waals surface area contributed by atoms with Gasteiger partial charge in [0.15, 0.2) is 5.11 Å². The highest BCUT2D eigenvalue weighted by Crippen LogP contribution is 2.27. The van der Waals surface area contributed by atoms with E-state index in [0.29, 0.717) is 6.61 Å². The first kappa shape index (κ1) is 15.7. The molecule has 1 unspecified atom stereocenters. The van der Waals surface area contributed by atoms with Gasteiger partial charge in [-0.05, 0) is 46.8 Å². The SMILES string of the molecule is COCC(C)NC(=S)N1CC(C)(C)OC(C)(C)C1. The van der Waals surface area contributed by atoms with Crippen LogP contribution in [-0.4, -0.2) is 54.1 Å². The lowest BCUT2D eigenvalue weighted by Crippen LogP contribution is -2.61. The zero-order valence-corrected chi connectivity index (χ0v) is 13.2. The van der Waals surface area contributed by atoms with Crippen molar-refractivity contribution in [1.29, 1.82) is 0 Å². The van der Waals surface area contributed by atoms with E-state index in [4.69, 9.17) is 21.7 Å². The summed E-state index contributed by atoms with van der Waals surface area (Å²) < 4.78 is 11.1. The van der Waals surface area contributed by atoms with Crippen molar-refractivity contribution in [3.8, 4) is 0 Å². The summed E-state index contributed by atoms with van der Waals surface area (Å²) in [6.07, 6.45) is 0. The number of rotatable bonds is 3. The van der Waals surface area contributed by atoms with Crippen molar-refractivity contribution >= 4 is 17.3 Å². The zero-order chi connectivity index (χ0) is 14.0. The molecule has 1 N–H and O–H groups in total. The minimum absolute atomic E-state index is 0.183. The summed E-state index contributed by atoms with van der Waals surface area (Å²) in [5.74, 6) is 0. The molecule has 0 saturated carbocycles. The van der Waals surface area contributed by atoms with Crippen molar-refractivity contribution in [2.75, 3.05) is 26.8 Å². The van der Waals surface area contributed by atoms with E-state index >= 15 is 0 Å². The second-order valence-electron chi connectivity index (χ2n) is 6.28. The third kappa shape index (κ3) is 4.71. The molecule has 1 aliphatic heterocycles. The maximum absolute atomic E-state index is 6.04. The van der Waals surface area contributed by atoms with E-state index in [1.165, 1.54) is 0 Å². The number of hydrogen-bond donors (Lipinski definition) is 1. The van der Waals surface area contributed by atoms with Gasteiger partial charge in [-0.3, -0.25) is 0 Å². The van der Waals surface area contributed by atoms with Crippen LogP contribution in [0.25, 0.3) is 0 Å². The molecule has 18 heavy (non-hydrogen) atoms. The molecule has 0 aromatic carbocycles. The van der Waals surface area contributed by atoms with Crippen molar-refractivity contribution in [1.82, 2.24) is 10.2 Å². The fourth-order valence-corrected chi connectivity index (χ4v) is 2.86. The van der Waals surface area contributed by atoms with Gasteiger partial charge in [0.05, 0.1) is 17.8 Å². The monoisotopic (exact) mass is 274 g/mol. The fraction of sp³-hybridized carbons (Fsp3) is 0.923. The lowest BCUT2D eigenvalue weighted by Gasteiger charge is -2.48. The average Bonchev–Trinajstić information content (AvgIpc) is 2.12. The molecule has 1 fully saturated rings. The van der Waals surface area contributed by atoms with Crippen LogP contribution in [0.2, 0.25) is 0 Å². The van der Waals surface area contributed by atoms with E-state index < -0.39 is 0 Å². The number of hydrogen-bond acceptors (Lipinski definition) is 3. The molecular weight excluding hydrogens is 248 g/mol. The third-order valence-electron chi connectivity index (χ3n) is 2.77. The van der Waals surface area contributed by atoms with Crippen LogP contribution in [0, 0.1) is 0 Å². The molecule has 0 spiro atoms. The minimum Gasteiger partial charge on any atom is -0.383 e. The van der Waals surface area contributed by atoms with Crippen LogP contribution in [0.5, 0.6) is 0 Å². The van der Waals surface area contributed by atoms with Crippen LogP contribution < -0.4 is 5.32 Å². The zero-order valence-electron chi connectivity index (χ0n) is 12.4. The highest BCUT2D eigenvalue weighted by Gasteiger charge is 2.39. The Hall–Kier alpha value is -0.390. The molecule has 5 heteroatoms. The molecule has 0 aromatic rings. The first-order valence-corrected chi connectivity index (χ1v) is 6.80. The second kappa shape index (κ2) is 5.72. The van der Waals surface area contributed by atoms with Crippen LogP contribution >= 0.6 is 12.2 Å². The molecule has 1 aliphatic rings. The summed E-state index contributed by atoms with van der Waals surface area (Å²) in [5.41, 5.74) is -0.365. The van der Waals surface area contributed by atoms with E-state index in [-0.39, 0.29) is 17.2 Å². The Balaban J connectivity index is 2.62. The van der Waals surface area contributed by atoms with E-state index in [1.54, 1.807) is 7.11 Å². The van der Waals surface area contributed by atoms with Crippen LogP contribution in [0.1, 0.15) is 34.6 Å². The van der Waals surface area contributed by atoms with Crippen LogP contribution in [0.4, 0.5) is 0 Å². The molecule has 0 amide bonds. The van der Waals surface area contributed by atoms with Crippen molar-refractivity contribution < 1.29 is 9.47 Å². The molecule has 1 heterocycles. The first-order chi connectivity index (χ1) is 8.15. The molecule has 4 nitrogen and oxygen atoms in total. The van der Waals surface area contributed by atoms with Crippen LogP contribution in [-0.2, 0) is 9.47 Å². The molecule has 0 radical (unpaired) electrons. The molecule has 1 rings (SSSR count). The standard InChI is InChI=1S/C13H26N2O2S/c1-10(7-16-6)14-11(18)15-8-12(2,3)17-13(4,5)9-15/h10H,7-9H2,1-6H3,(H,14,18). The Kier molecular flexibility index (Phi) is 4.98. The number of methoxy groups -OCH3 is 1. The molecule has 1 atom stereocenters. The lowest BCUT2D eigenvalue weighted by molar-refractivity contribution is -0.167. The van der Waals surface area contributed by atoms with Gasteiger partial charge in [-0.1, -0.05) is 0 Å². The number of morpholine rings is 1. The van der Waals surface area contributed by atoms with Crippen LogP contribution in [0.3, 0.4) is 0 Å². The van der Waals surface area contributed by atoms with Crippen molar-refractivity contribution in [3.63, 3.8) is 0 Å². The predicted molar refractivity (Wildman–Crippen MR) is 77.9 cm³/mol. The van der Waals surface area contributed by atoms with E-state index in [2.05, 4.69) is 44.8 Å². The summed E-state index contributed by atoms with van der Waals surface area (Å²) in [6, 6.07) is 0.219. The lowest BCUT2D eigenvalue weighted by atomic mass is 9.99. The first-order valence-electron chi connectivity index (χ1n) is 6.40. The third-order valence-corrected chi connectivity index (χ3v) is 3.15. The van der Waals surface area contributed by atoms with Gasteiger partial charge in [0, 0.05) is 26.2 Å². The minimum atomic E-state index is -0.183. The molecule has 1 saturated heterocycles. The van der Waals surface area contributed by atoms with E-state index in [1.807, 2.05) is 0 Å². The number of nitrogens with one attached hydrogen (secondary N) is 1. The second-order valence-corrected chi connectivity index (χ2v) is 6.67. The Morgan fingerprint density at radius 2 is 1.83 bits per heavy atom. The molecule has 106 valence electrons.